The fourth-order valence-electron chi connectivity index (χ4n) is 1.93. The molecular formula is C14H15ClFN3. The van der Waals surface area contributed by atoms with E-state index >= 15 is 0 Å². The van der Waals surface area contributed by atoms with E-state index in [0.717, 1.165) is 11.3 Å². The van der Waals surface area contributed by atoms with Gasteiger partial charge in [0.05, 0.1) is 16.8 Å². The smallest absolute Gasteiger partial charge is 0.145 e. The van der Waals surface area contributed by atoms with Gasteiger partial charge in [0.25, 0.3) is 0 Å². The maximum Gasteiger partial charge on any atom is 0.145 e. The molecule has 2 rings (SSSR count). The number of aromatic nitrogens is 1. The number of pyridine rings is 1. The van der Waals surface area contributed by atoms with Gasteiger partial charge in [0.2, 0.25) is 0 Å². The van der Waals surface area contributed by atoms with Crippen LogP contribution in [-0.4, -0.2) is 4.98 Å². The molecule has 1 aromatic carbocycles. The van der Waals surface area contributed by atoms with E-state index in [9.17, 15) is 4.39 Å². The molecule has 1 heterocycles. The summed E-state index contributed by atoms with van der Waals surface area (Å²) >= 11 is 5.77. The zero-order chi connectivity index (χ0) is 13.8. The van der Waals surface area contributed by atoms with E-state index in [1.54, 1.807) is 18.3 Å². The van der Waals surface area contributed by atoms with Gasteiger partial charge in [-0.05, 0) is 42.7 Å². The van der Waals surface area contributed by atoms with Gasteiger partial charge in [-0.1, -0.05) is 23.7 Å². The van der Waals surface area contributed by atoms with Gasteiger partial charge in [0, 0.05) is 6.20 Å². The van der Waals surface area contributed by atoms with E-state index in [-0.39, 0.29) is 11.1 Å². The number of hydrazine groups is 1. The SMILES string of the molecule is Cc1ccnc(C(Cc2cccc(Cl)c2F)NN)c1. The number of rotatable bonds is 4. The predicted molar refractivity (Wildman–Crippen MR) is 74.2 cm³/mol. The molecule has 0 amide bonds. The van der Waals surface area contributed by atoms with E-state index in [0.29, 0.717) is 12.0 Å². The minimum Gasteiger partial charge on any atom is -0.271 e. The van der Waals surface area contributed by atoms with E-state index < -0.39 is 5.82 Å². The molecule has 0 aliphatic rings. The fourth-order valence-corrected chi connectivity index (χ4v) is 2.12. The summed E-state index contributed by atoms with van der Waals surface area (Å²) in [5.74, 6) is 5.14. The second kappa shape index (κ2) is 6.10. The van der Waals surface area contributed by atoms with E-state index in [1.807, 2.05) is 19.1 Å². The third-order valence-electron chi connectivity index (χ3n) is 2.95. The van der Waals surface area contributed by atoms with Crippen molar-refractivity contribution >= 4 is 11.6 Å². The molecule has 1 atom stereocenters. The minimum atomic E-state index is -0.405. The number of nitrogens with two attached hydrogens (primary N) is 1. The molecule has 100 valence electrons. The average Bonchev–Trinajstić information content (AvgIpc) is 2.40. The zero-order valence-corrected chi connectivity index (χ0v) is 11.3. The Hall–Kier alpha value is -1.49. The Bertz CT molecular complexity index is 574. The molecule has 0 aliphatic carbocycles. The second-order valence-electron chi connectivity index (χ2n) is 4.39. The summed E-state index contributed by atoms with van der Waals surface area (Å²) in [5.41, 5.74) is 5.04. The van der Waals surface area contributed by atoms with Crippen LogP contribution in [0.1, 0.15) is 22.9 Å². The van der Waals surface area contributed by atoms with Crippen molar-refractivity contribution in [3.8, 4) is 0 Å². The first-order valence-corrected chi connectivity index (χ1v) is 6.31. The lowest BCUT2D eigenvalue weighted by molar-refractivity contribution is 0.518. The maximum atomic E-state index is 13.9. The Morgan fingerprint density at radius 2 is 2.21 bits per heavy atom. The van der Waals surface area contributed by atoms with Crippen LogP contribution in [0.5, 0.6) is 0 Å². The molecular weight excluding hydrogens is 265 g/mol. The van der Waals surface area contributed by atoms with Gasteiger partial charge in [-0.25, -0.2) is 4.39 Å². The van der Waals surface area contributed by atoms with Crippen molar-refractivity contribution in [2.24, 2.45) is 5.84 Å². The van der Waals surface area contributed by atoms with Crippen molar-refractivity contribution in [3.05, 3.63) is 64.2 Å². The molecule has 0 bridgehead atoms. The first-order valence-electron chi connectivity index (χ1n) is 5.93. The number of benzene rings is 1. The lowest BCUT2D eigenvalue weighted by Gasteiger charge is -2.16. The molecule has 19 heavy (non-hydrogen) atoms. The average molecular weight is 280 g/mol. The number of aryl methyl sites for hydroxylation is 1. The summed E-state index contributed by atoms with van der Waals surface area (Å²) in [6.45, 7) is 1.97. The highest BCUT2D eigenvalue weighted by Gasteiger charge is 2.15. The van der Waals surface area contributed by atoms with Gasteiger partial charge in [-0.2, -0.15) is 0 Å². The topological polar surface area (TPSA) is 50.9 Å². The van der Waals surface area contributed by atoms with Crippen LogP contribution in [0.15, 0.2) is 36.5 Å². The molecule has 2 aromatic rings. The van der Waals surface area contributed by atoms with Crippen molar-refractivity contribution in [3.63, 3.8) is 0 Å². The van der Waals surface area contributed by atoms with Crippen LogP contribution in [0.2, 0.25) is 5.02 Å². The molecule has 1 aromatic heterocycles. The van der Waals surface area contributed by atoms with Gasteiger partial charge in [-0.3, -0.25) is 16.3 Å². The van der Waals surface area contributed by atoms with Gasteiger partial charge >= 0.3 is 0 Å². The molecule has 0 saturated carbocycles. The van der Waals surface area contributed by atoms with Gasteiger partial charge in [-0.15, -0.1) is 0 Å². The maximum absolute atomic E-state index is 13.9. The van der Waals surface area contributed by atoms with E-state index in [4.69, 9.17) is 17.4 Å². The summed E-state index contributed by atoms with van der Waals surface area (Å²) in [7, 11) is 0. The predicted octanol–water partition coefficient (Wildman–Crippen LogP) is 2.93. The highest BCUT2D eigenvalue weighted by Crippen LogP contribution is 2.23. The number of nitrogens with zero attached hydrogens (tertiary/aromatic N) is 1. The first kappa shape index (κ1) is 13.9. The van der Waals surface area contributed by atoms with Gasteiger partial charge in [0.1, 0.15) is 5.82 Å². The second-order valence-corrected chi connectivity index (χ2v) is 4.80. The standard InChI is InChI=1S/C14H15ClFN3/c1-9-5-6-18-12(7-9)13(19-17)8-10-3-2-4-11(15)14(10)16/h2-7,13,19H,8,17H2,1H3. The van der Waals surface area contributed by atoms with Crippen molar-refractivity contribution in [1.82, 2.24) is 10.4 Å². The van der Waals surface area contributed by atoms with Crippen LogP contribution < -0.4 is 11.3 Å². The van der Waals surface area contributed by atoms with Crippen LogP contribution in [0.25, 0.3) is 0 Å². The molecule has 1 unspecified atom stereocenters. The Morgan fingerprint density at radius 3 is 2.89 bits per heavy atom. The molecule has 5 heteroatoms. The summed E-state index contributed by atoms with van der Waals surface area (Å²) in [4.78, 5) is 4.26. The quantitative estimate of drug-likeness (QED) is 0.668. The molecule has 0 fully saturated rings. The van der Waals surface area contributed by atoms with Crippen LogP contribution in [0.3, 0.4) is 0 Å². The van der Waals surface area contributed by atoms with Crippen molar-refractivity contribution in [2.75, 3.05) is 0 Å². The van der Waals surface area contributed by atoms with Crippen molar-refractivity contribution < 1.29 is 4.39 Å². The van der Waals surface area contributed by atoms with E-state index in [1.165, 1.54) is 6.07 Å². The summed E-state index contributed by atoms with van der Waals surface area (Å²) in [6.07, 6.45) is 2.10. The number of nitrogens with one attached hydrogen (secondary N) is 1. The number of hydrogen-bond donors (Lipinski definition) is 2. The van der Waals surface area contributed by atoms with Crippen LogP contribution in [0.4, 0.5) is 4.39 Å². The van der Waals surface area contributed by atoms with Crippen LogP contribution in [-0.2, 0) is 6.42 Å². The molecule has 0 aliphatic heterocycles. The van der Waals surface area contributed by atoms with Crippen LogP contribution >= 0.6 is 11.6 Å². The summed E-state index contributed by atoms with van der Waals surface area (Å²) in [5, 5.41) is 0.116. The third-order valence-corrected chi connectivity index (χ3v) is 3.24. The lowest BCUT2D eigenvalue weighted by Crippen LogP contribution is -2.30. The lowest BCUT2D eigenvalue weighted by atomic mass is 10.0. The summed E-state index contributed by atoms with van der Waals surface area (Å²) in [6, 6.07) is 8.51. The Morgan fingerprint density at radius 1 is 1.42 bits per heavy atom. The third kappa shape index (κ3) is 3.29. The molecule has 0 spiro atoms. The highest BCUT2D eigenvalue weighted by atomic mass is 35.5. The zero-order valence-electron chi connectivity index (χ0n) is 10.5. The van der Waals surface area contributed by atoms with Gasteiger partial charge < -0.3 is 0 Å². The fraction of sp³-hybridized carbons (Fsp3) is 0.214. The normalized spacial score (nSPS) is 12.4. The van der Waals surface area contributed by atoms with Crippen LogP contribution in [0, 0.1) is 12.7 Å². The van der Waals surface area contributed by atoms with Crippen molar-refractivity contribution in [2.45, 2.75) is 19.4 Å². The van der Waals surface area contributed by atoms with Gasteiger partial charge in [0.15, 0.2) is 0 Å². The Labute approximate surface area is 116 Å². The molecule has 3 N–H and O–H groups in total. The first-order chi connectivity index (χ1) is 9.11. The molecule has 3 nitrogen and oxygen atoms in total. The van der Waals surface area contributed by atoms with E-state index in [2.05, 4.69) is 10.4 Å². The summed E-state index contributed by atoms with van der Waals surface area (Å²) < 4.78 is 13.9. The Kier molecular flexibility index (Phi) is 4.47. The largest absolute Gasteiger partial charge is 0.271 e. The number of halogens is 2. The highest BCUT2D eigenvalue weighted by molar-refractivity contribution is 6.30. The minimum absolute atomic E-state index is 0.116. The van der Waals surface area contributed by atoms with Crippen molar-refractivity contribution in [1.29, 1.82) is 0 Å². The molecule has 0 radical (unpaired) electrons. The molecule has 0 saturated heterocycles. The monoisotopic (exact) mass is 279 g/mol. The number of hydrogen-bond acceptors (Lipinski definition) is 3. The Balaban J connectivity index is 2.26.